The van der Waals surface area contributed by atoms with Crippen molar-refractivity contribution in [3.63, 3.8) is 0 Å². The summed E-state index contributed by atoms with van der Waals surface area (Å²) < 4.78 is 1.79. The first-order valence-corrected chi connectivity index (χ1v) is 8.98. The molecule has 0 aliphatic rings. The minimum Gasteiger partial charge on any atom is -0.217 e. The van der Waals surface area contributed by atoms with Gasteiger partial charge in [-0.2, -0.15) is 5.10 Å². The fourth-order valence-electron chi connectivity index (χ4n) is 2.73. The second kappa shape index (κ2) is 5.88. The molecule has 0 fully saturated rings. The zero-order valence-electron chi connectivity index (χ0n) is 13.0. The molecule has 2 aromatic carbocycles. The van der Waals surface area contributed by atoms with Crippen LogP contribution in [-0.4, -0.2) is 14.6 Å². The maximum absolute atomic E-state index is 6.27. The first-order valence-electron chi connectivity index (χ1n) is 7.41. The SMILES string of the molecule is Cc1ccc(-c2cn3nc(-c4c(Cl)cccc4Cl)sc3n2)c(C)c1. The molecule has 0 saturated heterocycles. The van der Waals surface area contributed by atoms with Gasteiger partial charge in [0.1, 0.15) is 0 Å². The number of halogens is 2. The lowest BCUT2D eigenvalue weighted by atomic mass is 10.0. The van der Waals surface area contributed by atoms with Crippen molar-refractivity contribution in [3.8, 4) is 21.8 Å². The van der Waals surface area contributed by atoms with Crippen LogP contribution in [0.4, 0.5) is 0 Å². The molecule has 120 valence electrons. The molecule has 0 radical (unpaired) electrons. The average Bonchev–Trinajstić information content (AvgIpc) is 3.05. The van der Waals surface area contributed by atoms with Gasteiger partial charge in [0.05, 0.1) is 21.9 Å². The highest BCUT2D eigenvalue weighted by Gasteiger charge is 2.16. The number of fused-ring (bicyclic) bond motifs is 1. The van der Waals surface area contributed by atoms with Crippen molar-refractivity contribution in [2.45, 2.75) is 13.8 Å². The molecule has 0 aliphatic heterocycles. The van der Waals surface area contributed by atoms with E-state index in [1.807, 2.05) is 24.4 Å². The predicted octanol–water partition coefficient (Wildman–Crippen LogP) is 6.05. The number of aromatic nitrogens is 3. The first kappa shape index (κ1) is 15.6. The maximum atomic E-state index is 6.27. The third-order valence-electron chi connectivity index (χ3n) is 3.88. The van der Waals surface area contributed by atoms with E-state index in [1.54, 1.807) is 4.52 Å². The van der Waals surface area contributed by atoms with Crippen LogP contribution in [0, 0.1) is 13.8 Å². The van der Waals surface area contributed by atoms with E-state index >= 15 is 0 Å². The summed E-state index contributed by atoms with van der Waals surface area (Å²) in [6.45, 7) is 4.18. The monoisotopic (exact) mass is 373 g/mol. The second-order valence-electron chi connectivity index (χ2n) is 5.68. The van der Waals surface area contributed by atoms with E-state index in [0.717, 1.165) is 26.8 Å². The normalized spacial score (nSPS) is 11.3. The smallest absolute Gasteiger partial charge is 0.213 e. The lowest BCUT2D eigenvalue weighted by molar-refractivity contribution is 0.978. The van der Waals surface area contributed by atoms with Gasteiger partial charge in [-0.15, -0.1) is 0 Å². The topological polar surface area (TPSA) is 30.2 Å². The highest BCUT2D eigenvalue weighted by atomic mass is 35.5. The van der Waals surface area contributed by atoms with Crippen LogP contribution in [-0.2, 0) is 0 Å². The van der Waals surface area contributed by atoms with Gasteiger partial charge < -0.3 is 0 Å². The molecule has 4 aromatic rings. The Labute approximate surface area is 153 Å². The van der Waals surface area contributed by atoms with E-state index in [9.17, 15) is 0 Å². The van der Waals surface area contributed by atoms with E-state index in [1.165, 1.54) is 22.5 Å². The summed E-state index contributed by atoms with van der Waals surface area (Å²) >= 11 is 14.0. The summed E-state index contributed by atoms with van der Waals surface area (Å²) in [6, 6.07) is 11.8. The summed E-state index contributed by atoms with van der Waals surface area (Å²) in [4.78, 5) is 5.53. The fourth-order valence-corrected chi connectivity index (χ4v) is 4.38. The molecule has 2 heterocycles. The molecule has 0 bridgehead atoms. The quantitative estimate of drug-likeness (QED) is 0.428. The Balaban J connectivity index is 1.81. The van der Waals surface area contributed by atoms with Gasteiger partial charge in [-0.05, 0) is 31.5 Å². The summed E-state index contributed by atoms with van der Waals surface area (Å²) in [7, 11) is 0. The van der Waals surface area contributed by atoms with Crippen molar-refractivity contribution in [1.82, 2.24) is 14.6 Å². The zero-order valence-corrected chi connectivity index (χ0v) is 15.4. The van der Waals surface area contributed by atoms with E-state index in [-0.39, 0.29) is 0 Å². The van der Waals surface area contributed by atoms with Crippen LogP contribution in [0.2, 0.25) is 10.0 Å². The van der Waals surface area contributed by atoms with Gasteiger partial charge in [0, 0.05) is 11.1 Å². The van der Waals surface area contributed by atoms with Gasteiger partial charge in [0.25, 0.3) is 0 Å². The van der Waals surface area contributed by atoms with E-state index < -0.39 is 0 Å². The molecule has 0 spiro atoms. The second-order valence-corrected chi connectivity index (χ2v) is 7.45. The number of imidazole rings is 1. The van der Waals surface area contributed by atoms with Gasteiger partial charge in [-0.3, -0.25) is 0 Å². The standard InChI is InChI=1S/C18H13Cl2N3S/c1-10-6-7-12(11(2)8-10)15-9-23-18(21-15)24-17(22-23)16-13(19)4-3-5-14(16)20/h3-9H,1-2H3. The van der Waals surface area contributed by atoms with Crippen molar-refractivity contribution >= 4 is 39.5 Å². The molecule has 2 aromatic heterocycles. The Morgan fingerprint density at radius 1 is 1.04 bits per heavy atom. The minimum atomic E-state index is 0.592. The number of benzene rings is 2. The van der Waals surface area contributed by atoms with E-state index in [2.05, 4.69) is 37.1 Å². The predicted molar refractivity (Wildman–Crippen MR) is 101 cm³/mol. The molecule has 0 unspecified atom stereocenters. The number of hydrogen-bond donors (Lipinski definition) is 0. The lowest BCUT2D eigenvalue weighted by Crippen LogP contribution is -1.86. The third kappa shape index (κ3) is 2.61. The van der Waals surface area contributed by atoms with Crippen LogP contribution in [0.25, 0.3) is 26.8 Å². The van der Waals surface area contributed by atoms with Crippen LogP contribution in [0.1, 0.15) is 11.1 Å². The Morgan fingerprint density at radius 2 is 1.79 bits per heavy atom. The average molecular weight is 374 g/mol. The summed E-state index contributed by atoms with van der Waals surface area (Å²) in [5.74, 6) is 0. The molecule has 0 N–H and O–H groups in total. The molecule has 6 heteroatoms. The minimum absolute atomic E-state index is 0.592. The van der Waals surface area contributed by atoms with Crippen LogP contribution in [0.3, 0.4) is 0 Å². The van der Waals surface area contributed by atoms with Gasteiger partial charge in [-0.25, -0.2) is 9.50 Å². The fraction of sp³-hybridized carbons (Fsp3) is 0.111. The molecule has 0 aliphatic carbocycles. The molecular formula is C18H13Cl2N3S. The first-order chi connectivity index (χ1) is 11.5. The van der Waals surface area contributed by atoms with Crippen LogP contribution in [0.15, 0.2) is 42.6 Å². The molecule has 24 heavy (non-hydrogen) atoms. The van der Waals surface area contributed by atoms with Crippen LogP contribution >= 0.6 is 34.5 Å². The molecule has 0 atom stereocenters. The Bertz CT molecular complexity index is 1010. The molecule has 3 nitrogen and oxygen atoms in total. The van der Waals surface area contributed by atoms with E-state index in [4.69, 9.17) is 28.2 Å². The van der Waals surface area contributed by atoms with Crippen molar-refractivity contribution in [3.05, 3.63) is 63.8 Å². The van der Waals surface area contributed by atoms with Crippen molar-refractivity contribution < 1.29 is 0 Å². The van der Waals surface area contributed by atoms with Gasteiger partial charge in [0.2, 0.25) is 4.96 Å². The van der Waals surface area contributed by atoms with Crippen LogP contribution < -0.4 is 0 Å². The Kier molecular flexibility index (Phi) is 3.83. The Morgan fingerprint density at radius 3 is 2.46 bits per heavy atom. The summed E-state index contributed by atoms with van der Waals surface area (Å²) in [6.07, 6.45) is 1.94. The summed E-state index contributed by atoms with van der Waals surface area (Å²) in [5, 5.41) is 6.55. The number of nitrogens with zero attached hydrogens (tertiary/aromatic N) is 3. The van der Waals surface area contributed by atoms with Gasteiger partial charge >= 0.3 is 0 Å². The number of rotatable bonds is 2. The largest absolute Gasteiger partial charge is 0.217 e. The van der Waals surface area contributed by atoms with Gasteiger partial charge in [0.15, 0.2) is 5.01 Å². The van der Waals surface area contributed by atoms with Crippen LogP contribution in [0.5, 0.6) is 0 Å². The van der Waals surface area contributed by atoms with Gasteiger partial charge in [-0.1, -0.05) is 64.4 Å². The molecular weight excluding hydrogens is 361 g/mol. The third-order valence-corrected chi connectivity index (χ3v) is 5.45. The highest BCUT2D eigenvalue weighted by Crippen LogP contribution is 2.37. The van der Waals surface area contributed by atoms with E-state index in [0.29, 0.717) is 10.0 Å². The van der Waals surface area contributed by atoms with Crippen molar-refractivity contribution in [2.75, 3.05) is 0 Å². The van der Waals surface area contributed by atoms with Crippen molar-refractivity contribution in [2.24, 2.45) is 0 Å². The van der Waals surface area contributed by atoms with Crippen molar-refractivity contribution in [1.29, 1.82) is 0 Å². The molecule has 0 saturated carbocycles. The molecule has 0 amide bonds. The summed E-state index contributed by atoms with van der Waals surface area (Å²) in [5.41, 5.74) is 5.24. The highest BCUT2D eigenvalue weighted by molar-refractivity contribution is 7.20. The maximum Gasteiger partial charge on any atom is 0.213 e. The Hall–Kier alpha value is -1.88. The zero-order chi connectivity index (χ0) is 16.8. The molecule has 4 rings (SSSR count). The lowest BCUT2D eigenvalue weighted by Gasteiger charge is -2.03. The number of hydrogen-bond acceptors (Lipinski definition) is 3. The number of aryl methyl sites for hydroxylation is 2.